The summed E-state index contributed by atoms with van der Waals surface area (Å²) in [6.07, 6.45) is 2.22. The van der Waals surface area contributed by atoms with Crippen molar-refractivity contribution in [2.24, 2.45) is 10.8 Å². The first-order valence-corrected chi connectivity index (χ1v) is 6.00. The highest BCUT2D eigenvalue weighted by Crippen LogP contribution is 2.38. The van der Waals surface area contributed by atoms with E-state index in [0.717, 1.165) is 12.8 Å². The SMILES string of the molecule is CNC(=O)CCC(C)(C)CC(C)(C)CC(=O)O. The molecular weight excluding hydrogens is 218 g/mol. The molecule has 0 unspecified atom stereocenters. The third kappa shape index (κ3) is 7.77. The fourth-order valence-corrected chi connectivity index (χ4v) is 2.43. The smallest absolute Gasteiger partial charge is 0.303 e. The first-order valence-electron chi connectivity index (χ1n) is 6.00. The predicted octanol–water partition coefficient (Wildman–Crippen LogP) is 2.43. The fraction of sp³-hybridized carbons (Fsp3) is 0.846. The lowest BCUT2D eigenvalue weighted by atomic mass is 9.71. The lowest BCUT2D eigenvalue weighted by Gasteiger charge is -2.34. The van der Waals surface area contributed by atoms with Gasteiger partial charge >= 0.3 is 5.97 Å². The van der Waals surface area contributed by atoms with Crippen LogP contribution in [0.5, 0.6) is 0 Å². The monoisotopic (exact) mass is 243 g/mol. The molecule has 0 spiro atoms. The summed E-state index contributed by atoms with van der Waals surface area (Å²) >= 11 is 0. The van der Waals surface area contributed by atoms with Gasteiger partial charge in [-0.1, -0.05) is 27.7 Å². The van der Waals surface area contributed by atoms with Gasteiger partial charge in [-0.2, -0.15) is 0 Å². The van der Waals surface area contributed by atoms with E-state index in [9.17, 15) is 9.59 Å². The summed E-state index contributed by atoms with van der Waals surface area (Å²) in [5.74, 6) is -0.730. The molecule has 0 aromatic rings. The summed E-state index contributed by atoms with van der Waals surface area (Å²) in [5.41, 5.74) is -0.260. The Labute approximate surface area is 104 Å². The molecule has 2 N–H and O–H groups in total. The van der Waals surface area contributed by atoms with Crippen LogP contribution in [0.25, 0.3) is 0 Å². The van der Waals surface area contributed by atoms with Gasteiger partial charge in [-0.3, -0.25) is 9.59 Å². The number of hydrogen-bond donors (Lipinski definition) is 2. The van der Waals surface area contributed by atoms with Gasteiger partial charge < -0.3 is 10.4 Å². The van der Waals surface area contributed by atoms with Gasteiger partial charge in [0.1, 0.15) is 0 Å². The molecule has 0 aliphatic rings. The summed E-state index contributed by atoms with van der Waals surface area (Å²) in [6, 6.07) is 0. The van der Waals surface area contributed by atoms with Crippen LogP contribution in [0.3, 0.4) is 0 Å². The number of carboxylic acid groups (broad SMARTS) is 1. The van der Waals surface area contributed by atoms with Crippen LogP contribution < -0.4 is 5.32 Å². The van der Waals surface area contributed by atoms with Gasteiger partial charge in [0.2, 0.25) is 5.91 Å². The molecule has 0 aromatic carbocycles. The standard InChI is InChI=1S/C13H25NO3/c1-12(2,7-6-10(15)14-5)9-13(3,4)8-11(16)17/h6-9H2,1-5H3,(H,14,15)(H,16,17). The Morgan fingerprint density at radius 1 is 1.12 bits per heavy atom. The zero-order valence-electron chi connectivity index (χ0n) is 11.6. The lowest BCUT2D eigenvalue weighted by Crippen LogP contribution is -2.27. The van der Waals surface area contributed by atoms with Gasteiger partial charge in [0.05, 0.1) is 6.42 Å². The second-order valence-electron chi connectivity index (χ2n) is 6.25. The Morgan fingerprint density at radius 3 is 2.06 bits per heavy atom. The molecule has 0 aromatic heterocycles. The molecule has 4 nitrogen and oxygen atoms in total. The Morgan fingerprint density at radius 2 is 1.65 bits per heavy atom. The Hall–Kier alpha value is -1.06. The zero-order valence-corrected chi connectivity index (χ0v) is 11.6. The molecule has 0 saturated heterocycles. The number of carbonyl (C=O) groups is 2. The molecule has 0 radical (unpaired) electrons. The van der Waals surface area contributed by atoms with Crippen molar-refractivity contribution in [3.05, 3.63) is 0 Å². The Kier molecular flexibility index (Phi) is 5.66. The molecule has 17 heavy (non-hydrogen) atoms. The number of aliphatic carboxylic acids is 1. The van der Waals surface area contributed by atoms with E-state index in [0.29, 0.717) is 6.42 Å². The number of hydrogen-bond acceptors (Lipinski definition) is 2. The summed E-state index contributed by atoms with van der Waals surface area (Å²) in [5, 5.41) is 11.4. The quantitative estimate of drug-likeness (QED) is 0.721. The molecule has 0 bridgehead atoms. The molecule has 0 fully saturated rings. The lowest BCUT2D eigenvalue weighted by molar-refractivity contribution is -0.139. The minimum absolute atomic E-state index is 0.0224. The minimum Gasteiger partial charge on any atom is -0.481 e. The molecule has 0 rings (SSSR count). The normalized spacial score (nSPS) is 12.3. The molecule has 0 aliphatic heterocycles. The van der Waals surface area contributed by atoms with E-state index in [1.165, 1.54) is 0 Å². The third-order valence-corrected chi connectivity index (χ3v) is 2.89. The molecule has 1 amide bonds. The van der Waals surface area contributed by atoms with Crippen molar-refractivity contribution in [3.63, 3.8) is 0 Å². The maximum Gasteiger partial charge on any atom is 0.303 e. The van der Waals surface area contributed by atoms with Gasteiger partial charge in [0.15, 0.2) is 0 Å². The van der Waals surface area contributed by atoms with E-state index in [1.807, 2.05) is 13.8 Å². The summed E-state index contributed by atoms with van der Waals surface area (Å²) in [4.78, 5) is 21.9. The number of nitrogens with one attached hydrogen (secondary N) is 1. The van der Waals surface area contributed by atoms with Crippen LogP contribution in [0.1, 0.15) is 53.4 Å². The van der Waals surface area contributed by atoms with Crippen LogP contribution in [0, 0.1) is 10.8 Å². The van der Waals surface area contributed by atoms with Crippen LogP contribution in [-0.2, 0) is 9.59 Å². The first-order chi connectivity index (χ1) is 7.58. The first kappa shape index (κ1) is 15.9. The highest BCUT2D eigenvalue weighted by molar-refractivity contribution is 5.75. The van der Waals surface area contributed by atoms with Crippen LogP contribution in [0.4, 0.5) is 0 Å². The van der Waals surface area contributed by atoms with Crippen molar-refractivity contribution in [1.29, 1.82) is 0 Å². The number of carboxylic acids is 1. The van der Waals surface area contributed by atoms with Gasteiger partial charge in [-0.25, -0.2) is 0 Å². The molecule has 0 atom stereocenters. The van der Waals surface area contributed by atoms with E-state index < -0.39 is 5.97 Å². The maximum absolute atomic E-state index is 11.2. The van der Waals surface area contributed by atoms with Crippen molar-refractivity contribution in [2.45, 2.75) is 53.4 Å². The maximum atomic E-state index is 11.2. The van der Waals surface area contributed by atoms with Gasteiger partial charge in [-0.05, 0) is 23.7 Å². The topological polar surface area (TPSA) is 66.4 Å². The van der Waals surface area contributed by atoms with Crippen LogP contribution in [-0.4, -0.2) is 24.0 Å². The third-order valence-electron chi connectivity index (χ3n) is 2.89. The molecule has 0 aliphatic carbocycles. The van der Waals surface area contributed by atoms with E-state index >= 15 is 0 Å². The van der Waals surface area contributed by atoms with Gasteiger partial charge in [-0.15, -0.1) is 0 Å². The van der Waals surface area contributed by atoms with Crippen molar-refractivity contribution < 1.29 is 14.7 Å². The summed E-state index contributed by atoms with van der Waals surface area (Å²) in [7, 11) is 1.63. The van der Waals surface area contributed by atoms with Crippen molar-refractivity contribution >= 4 is 11.9 Å². The largest absolute Gasteiger partial charge is 0.481 e. The molecular formula is C13H25NO3. The summed E-state index contributed by atoms with van der Waals surface area (Å²) in [6.45, 7) is 8.09. The van der Waals surface area contributed by atoms with E-state index in [-0.39, 0.29) is 23.2 Å². The zero-order chi connectivity index (χ0) is 13.7. The minimum atomic E-state index is -0.767. The van der Waals surface area contributed by atoms with Crippen LogP contribution >= 0.6 is 0 Å². The van der Waals surface area contributed by atoms with Crippen molar-refractivity contribution in [2.75, 3.05) is 7.05 Å². The van der Waals surface area contributed by atoms with Crippen molar-refractivity contribution in [3.8, 4) is 0 Å². The highest BCUT2D eigenvalue weighted by Gasteiger charge is 2.30. The predicted molar refractivity (Wildman–Crippen MR) is 67.7 cm³/mol. The molecule has 4 heteroatoms. The average Bonchev–Trinajstić information content (AvgIpc) is 2.10. The Bertz CT molecular complexity index is 282. The van der Waals surface area contributed by atoms with Crippen LogP contribution in [0.2, 0.25) is 0 Å². The second-order valence-corrected chi connectivity index (χ2v) is 6.25. The van der Waals surface area contributed by atoms with E-state index in [4.69, 9.17) is 5.11 Å². The van der Waals surface area contributed by atoms with E-state index in [2.05, 4.69) is 19.2 Å². The molecule has 100 valence electrons. The number of amides is 1. The highest BCUT2D eigenvalue weighted by atomic mass is 16.4. The molecule has 0 saturated carbocycles. The fourth-order valence-electron chi connectivity index (χ4n) is 2.43. The second kappa shape index (κ2) is 6.03. The number of carbonyl (C=O) groups excluding carboxylic acids is 1. The average molecular weight is 243 g/mol. The van der Waals surface area contributed by atoms with Gasteiger partial charge in [0, 0.05) is 13.5 Å². The number of rotatable bonds is 7. The summed E-state index contributed by atoms with van der Waals surface area (Å²) < 4.78 is 0. The van der Waals surface area contributed by atoms with Gasteiger partial charge in [0.25, 0.3) is 0 Å². The van der Waals surface area contributed by atoms with Crippen molar-refractivity contribution in [1.82, 2.24) is 5.32 Å². The Balaban J connectivity index is 4.32. The molecule has 0 heterocycles. The van der Waals surface area contributed by atoms with Crippen LogP contribution in [0.15, 0.2) is 0 Å². The van der Waals surface area contributed by atoms with E-state index in [1.54, 1.807) is 7.05 Å².